The molecule has 1 spiro atoms. The summed E-state index contributed by atoms with van der Waals surface area (Å²) in [6, 6.07) is -0.497. The maximum absolute atomic E-state index is 12.6. The summed E-state index contributed by atoms with van der Waals surface area (Å²) in [5, 5.41) is 3.68. The van der Waals surface area contributed by atoms with E-state index < -0.39 is 11.6 Å². The van der Waals surface area contributed by atoms with Crippen molar-refractivity contribution in [3.63, 3.8) is 0 Å². The van der Waals surface area contributed by atoms with Crippen molar-refractivity contribution < 1.29 is 14.4 Å². The Morgan fingerprint density at radius 1 is 1.04 bits per heavy atom. The van der Waals surface area contributed by atoms with Crippen LogP contribution in [0.2, 0.25) is 0 Å². The lowest BCUT2D eigenvalue weighted by Gasteiger charge is -2.30. The zero-order valence-electron chi connectivity index (χ0n) is 13.6. The van der Waals surface area contributed by atoms with Crippen molar-refractivity contribution in [3.8, 4) is 0 Å². The molecule has 2 N–H and O–H groups in total. The predicted molar refractivity (Wildman–Crippen MR) is 84.2 cm³/mol. The smallest absolute Gasteiger partial charge is 0.322 e. The quantitative estimate of drug-likeness (QED) is 0.761. The lowest BCUT2D eigenvalue weighted by atomic mass is 9.82. The van der Waals surface area contributed by atoms with Crippen LogP contribution >= 0.6 is 0 Å². The van der Waals surface area contributed by atoms with E-state index in [1.165, 1.54) is 19.3 Å². The monoisotopic (exact) mass is 322 g/mol. The van der Waals surface area contributed by atoms with Gasteiger partial charge in [0.1, 0.15) is 5.54 Å². The maximum atomic E-state index is 12.6. The summed E-state index contributed by atoms with van der Waals surface area (Å²) in [5.74, 6) is -0.569. The van der Waals surface area contributed by atoms with E-state index >= 15 is 0 Å². The molecule has 1 saturated carbocycles. The number of nitrogens with zero attached hydrogens (tertiary/aromatic N) is 2. The van der Waals surface area contributed by atoms with Crippen molar-refractivity contribution >= 4 is 17.8 Å². The summed E-state index contributed by atoms with van der Waals surface area (Å²) in [6.07, 6.45) is 8.21. The average Bonchev–Trinajstić information content (AvgIpc) is 2.79. The first kappa shape index (κ1) is 16.2. The number of carbonyl (C=O) groups is 3. The van der Waals surface area contributed by atoms with E-state index in [1.54, 1.807) is 0 Å². The standard InChI is InChI=1S/C16H26N4O3/c21-13(7-12-19-10-5-2-6-11-19)18-20-14(22)16(17-15(20)23)8-3-1-4-9-16/h1-12H2,(H,17,23)(H,18,21). The van der Waals surface area contributed by atoms with Gasteiger partial charge in [0.15, 0.2) is 0 Å². The molecule has 3 rings (SSSR count). The van der Waals surface area contributed by atoms with Crippen LogP contribution in [-0.2, 0) is 9.59 Å². The highest BCUT2D eigenvalue weighted by molar-refractivity contribution is 6.07. The first-order valence-corrected chi connectivity index (χ1v) is 8.79. The summed E-state index contributed by atoms with van der Waals surface area (Å²) in [6.45, 7) is 2.74. The summed E-state index contributed by atoms with van der Waals surface area (Å²) in [5.41, 5.74) is 1.71. The summed E-state index contributed by atoms with van der Waals surface area (Å²) < 4.78 is 0. The highest BCUT2D eigenvalue weighted by atomic mass is 16.2. The van der Waals surface area contributed by atoms with Gasteiger partial charge in [-0.25, -0.2) is 4.79 Å². The average molecular weight is 322 g/mol. The second-order valence-corrected chi connectivity index (χ2v) is 6.90. The fourth-order valence-electron chi connectivity index (χ4n) is 3.84. The number of piperidine rings is 1. The molecule has 0 bridgehead atoms. The van der Waals surface area contributed by atoms with Crippen LogP contribution in [-0.4, -0.2) is 52.9 Å². The molecule has 7 heteroatoms. The van der Waals surface area contributed by atoms with Gasteiger partial charge in [-0.05, 0) is 38.8 Å². The summed E-state index contributed by atoms with van der Waals surface area (Å²) >= 11 is 0. The molecule has 0 atom stereocenters. The number of imide groups is 1. The van der Waals surface area contributed by atoms with E-state index in [4.69, 9.17) is 0 Å². The molecule has 7 nitrogen and oxygen atoms in total. The van der Waals surface area contributed by atoms with Crippen LogP contribution in [0.15, 0.2) is 0 Å². The number of amides is 4. The summed E-state index contributed by atoms with van der Waals surface area (Å²) in [7, 11) is 0. The molecule has 1 aliphatic carbocycles. The minimum absolute atomic E-state index is 0.271. The van der Waals surface area contributed by atoms with Gasteiger partial charge in [0, 0.05) is 13.0 Å². The minimum Gasteiger partial charge on any atom is -0.322 e. The van der Waals surface area contributed by atoms with Gasteiger partial charge >= 0.3 is 6.03 Å². The molecule has 23 heavy (non-hydrogen) atoms. The number of nitrogens with one attached hydrogen (secondary N) is 2. The molecule has 2 aliphatic heterocycles. The van der Waals surface area contributed by atoms with Crippen LogP contribution in [0.25, 0.3) is 0 Å². The van der Waals surface area contributed by atoms with Gasteiger partial charge in [0.2, 0.25) is 5.91 Å². The predicted octanol–water partition coefficient (Wildman–Crippen LogP) is 1.15. The van der Waals surface area contributed by atoms with Crippen LogP contribution in [0.3, 0.4) is 0 Å². The molecule has 4 amide bonds. The number of hydrogen-bond acceptors (Lipinski definition) is 4. The zero-order chi connectivity index (χ0) is 16.3. The molecular formula is C16H26N4O3. The van der Waals surface area contributed by atoms with Crippen molar-refractivity contribution in [2.45, 2.75) is 63.3 Å². The summed E-state index contributed by atoms with van der Waals surface area (Å²) in [4.78, 5) is 39.0. The Hall–Kier alpha value is -1.63. The number of hydrogen-bond donors (Lipinski definition) is 2. The van der Waals surface area contributed by atoms with Gasteiger partial charge < -0.3 is 10.2 Å². The van der Waals surface area contributed by atoms with E-state index in [0.29, 0.717) is 25.8 Å². The van der Waals surface area contributed by atoms with Gasteiger partial charge in [-0.1, -0.05) is 25.7 Å². The highest BCUT2D eigenvalue weighted by Gasteiger charge is 2.52. The van der Waals surface area contributed by atoms with Crippen LogP contribution in [0.5, 0.6) is 0 Å². The third-order valence-corrected chi connectivity index (χ3v) is 5.21. The third-order valence-electron chi connectivity index (χ3n) is 5.21. The molecule has 2 heterocycles. The molecule has 0 unspecified atom stereocenters. The molecule has 3 aliphatic rings. The number of likely N-dealkylation sites (tertiary alicyclic amines) is 1. The molecule has 128 valence electrons. The van der Waals surface area contributed by atoms with Gasteiger partial charge in [-0.15, -0.1) is 0 Å². The topological polar surface area (TPSA) is 81.8 Å². The number of hydrazine groups is 1. The van der Waals surface area contributed by atoms with Crippen LogP contribution in [0, 0.1) is 0 Å². The van der Waals surface area contributed by atoms with Crippen LogP contribution in [0.4, 0.5) is 4.79 Å². The Morgan fingerprint density at radius 2 is 1.70 bits per heavy atom. The van der Waals surface area contributed by atoms with Gasteiger partial charge in [0.05, 0.1) is 0 Å². The molecule has 0 aromatic carbocycles. The van der Waals surface area contributed by atoms with Crippen molar-refractivity contribution in [2.24, 2.45) is 0 Å². The fraction of sp³-hybridized carbons (Fsp3) is 0.812. The Labute approximate surface area is 136 Å². The fourth-order valence-corrected chi connectivity index (χ4v) is 3.84. The van der Waals surface area contributed by atoms with Crippen LogP contribution in [0.1, 0.15) is 57.8 Å². The zero-order valence-corrected chi connectivity index (χ0v) is 13.6. The normalized spacial score (nSPS) is 24.8. The van der Waals surface area contributed by atoms with E-state index in [2.05, 4.69) is 15.6 Å². The Kier molecular flexibility index (Phi) is 4.84. The van der Waals surface area contributed by atoms with Crippen molar-refractivity contribution in [3.05, 3.63) is 0 Å². The third kappa shape index (κ3) is 3.49. The first-order valence-electron chi connectivity index (χ1n) is 8.79. The number of carbonyl (C=O) groups excluding carboxylic acids is 3. The maximum Gasteiger partial charge on any atom is 0.344 e. The second kappa shape index (κ2) is 6.86. The van der Waals surface area contributed by atoms with Crippen molar-refractivity contribution in [2.75, 3.05) is 19.6 Å². The largest absolute Gasteiger partial charge is 0.344 e. The van der Waals surface area contributed by atoms with Gasteiger partial charge in [0.25, 0.3) is 5.91 Å². The molecule has 0 aromatic heterocycles. The number of urea groups is 1. The molecule has 0 radical (unpaired) electrons. The Bertz CT molecular complexity index is 482. The van der Waals surface area contributed by atoms with Crippen molar-refractivity contribution in [1.29, 1.82) is 0 Å². The molecule has 0 aromatic rings. The van der Waals surface area contributed by atoms with E-state index in [0.717, 1.165) is 37.4 Å². The van der Waals surface area contributed by atoms with Gasteiger partial charge in [-0.2, -0.15) is 5.01 Å². The lowest BCUT2D eigenvalue weighted by molar-refractivity contribution is -0.140. The van der Waals surface area contributed by atoms with E-state index in [-0.39, 0.29) is 11.8 Å². The molecular weight excluding hydrogens is 296 g/mol. The Balaban J connectivity index is 1.51. The second-order valence-electron chi connectivity index (χ2n) is 6.90. The van der Waals surface area contributed by atoms with E-state index in [9.17, 15) is 14.4 Å². The number of rotatable bonds is 4. The lowest BCUT2D eigenvalue weighted by Crippen LogP contribution is -2.51. The molecule has 3 fully saturated rings. The minimum atomic E-state index is -0.782. The van der Waals surface area contributed by atoms with Crippen molar-refractivity contribution in [1.82, 2.24) is 20.7 Å². The van der Waals surface area contributed by atoms with Crippen LogP contribution < -0.4 is 10.7 Å². The van der Waals surface area contributed by atoms with E-state index in [1.807, 2.05) is 0 Å². The SMILES string of the molecule is O=C(CCN1CCCCC1)NN1C(=O)NC2(CCCCC2)C1=O. The highest BCUT2D eigenvalue weighted by Crippen LogP contribution is 2.32. The Morgan fingerprint density at radius 3 is 2.39 bits per heavy atom. The molecule has 2 saturated heterocycles. The first-order chi connectivity index (χ1) is 11.1. The van der Waals surface area contributed by atoms with Gasteiger partial charge in [-0.3, -0.25) is 15.0 Å².